The van der Waals surface area contributed by atoms with Gasteiger partial charge in [-0.25, -0.2) is 9.59 Å². The fourth-order valence-electron chi connectivity index (χ4n) is 1.73. The molecule has 0 saturated carbocycles. The summed E-state index contributed by atoms with van der Waals surface area (Å²) in [5, 5.41) is 30.0. The van der Waals surface area contributed by atoms with Gasteiger partial charge in [-0.3, -0.25) is 30.0 Å². The Balaban J connectivity index is 0.000000263. The van der Waals surface area contributed by atoms with Crippen LogP contribution < -0.4 is 0 Å². The summed E-state index contributed by atoms with van der Waals surface area (Å²) in [4.78, 5) is 41.4. The number of carbonyl (C=O) groups is 2. The van der Waals surface area contributed by atoms with Crippen molar-refractivity contribution in [2.75, 3.05) is 14.2 Å². The van der Waals surface area contributed by atoms with E-state index in [1.54, 1.807) is 6.92 Å². The van der Waals surface area contributed by atoms with Crippen molar-refractivity contribution in [1.82, 2.24) is 20.0 Å². The molecular formula is C12H14N6O8. The van der Waals surface area contributed by atoms with Crippen molar-refractivity contribution in [3.8, 4) is 0 Å². The molecule has 0 amide bonds. The molecule has 0 aliphatic carbocycles. The molecule has 2 heterocycles. The molecule has 0 fully saturated rings. The van der Waals surface area contributed by atoms with Crippen LogP contribution in [0.1, 0.15) is 27.9 Å². The molecule has 0 unspecified atom stereocenters. The Morgan fingerprint density at radius 2 is 1.69 bits per heavy atom. The summed E-state index contributed by atoms with van der Waals surface area (Å²) in [5.74, 6) is -1.56. The van der Waals surface area contributed by atoms with E-state index in [9.17, 15) is 29.8 Å². The number of hydrogen-bond acceptors (Lipinski definition) is 10. The maximum atomic E-state index is 11.2. The topological polar surface area (TPSA) is 185 Å². The number of aromatic nitrogens is 4. The van der Waals surface area contributed by atoms with Crippen molar-refractivity contribution in [2.45, 2.75) is 13.5 Å². The molecular weight excluding hydrogens is 356 g/mol. The largest absolute Gasteiger partial charge is 0.464 e. The molecule has 0 aromatic carbocycles. The molecule has 14 nitrogen and oxygen atoms in total. The standard InChI is InChI=1S/C7H9N3O4.C5H5N3O4/c1-3-9-6(7(11)14-2)5(4-8-9)10(12)13;1-12-5(9)4-3(8(10)11)2-6-7-4/h4H,3H2,1-2H3;2H,1H3,(H,6,7). The van der Waals surface area contributed by atoms with Crippen LogP contribution in [0.15, 0.2) is 12.4 Å². The monoisotopic (exact) mass is 370 g/mol. The van der Waals surface area contributed by atoms with Crippen LogP contribution in [0.5, 0.6) is 0 Å². The number of H-pyrrole nitrogens is 1. The molecule has 140 valence electrons. The number of nitrogens with one attached hydrogen (secondary N) is 1. The van der Waals surface area contributed by atoms with Gasteiger partial charge >= 0.3 is 23.3 Å². The first-order valence-corrected chi connectivity index (χ1v) is 6.82. The molecule has 1 N–H and O–H groups in total. The second kappa shape index (κ2) is 8.86. The lowest BCUT2D eigenvalue weighted by atomic mass is 10.3. The van der Waals surface area contributed by atoms with E-state index in [1.807, 2.05) is 0 Å². The minimum absolute atomic E-state index is 0.125. The van der Waals surface area contributed by atoms with Gasteiger partial charge in [-0.15, -0.1) is 0 Å². The van der Waals surface area contributed by atoms with Crippen LogP contribution >= 0.6 is 0 Å². The number of aryl methyl sites for hydroxylation is 1. The molecule has 0 radical (unpaired) electrons. The van der Waals surface area contributed by atoms with E-state index in [0.29, 0.717) is 6.54 Å². The van der Waals surface area contributed by atoms with Gasteiger partial charge in [0.1, 0.15) is 12.4 Å². The Morgan fingerprint density at radius 3 is 2.15 bits per heavy atom. The average molecular weight is 370 g/mol. The Labute approximate surface area is 145 Å². The van der Waals surface area contributed by atoms with Crippen LogP contribution in [0.2, 0.25) is 0 Å². The van der Waals surface area contributed by atoms with Crippen LogP contribution in [-0.2, 0) is 16.0 Å². The van der Waals surface area contributed by atoms with E-state index in [0.717, 1.165) is 19.5 Å². The highest BCUT2D eigenvalue weighted by molar-refractivity contribution is 5.92. The quantitative estimate of drug-likeness (QED) is 0.446. The first-order valence-electron chi connectivity index (χ1n) is 6.82. The number of ether oxygens (including phenoxy) is 2. The summed E-state index contributed by atoms with van der Waals surface area (Å²) in [6.07, 6.45) is 1.99. The van der Waals surface area contributed by atoms with E-state index in [4.69, 9.17) is 0 Å². The fraction of sp³-hybridized carbons (Fsp3) is 0.333. The highest BCUT2D eigenvalue weighted by atomic mass is 16.6. The van der Waals surface area contributed by atoms with Crippen molar-refractivity contribution in [3.63, 3.8) is 0 Å². The summed E-state index contributed by atoms with van der Waals surface area (Å²) in [6, 6.07) is 0. The summed E-state index contributed by atoms with van der Waals surface area (Å²) in [5.41, 5.74) is -1.09. The molecule has 2 aromatic heterocycles. The van der Waals surface area contributed by atoms with E-state index >= 15 is 0 Å². The molecule has 0 aliphatic heterocycles. The number of methoxy groups -OCH3 is 2. The Bertz CT molecular complexity index is 826. The van der Waals surface area contributed by atoms with Crippen LogP contribution in [0.4, 0.5) is 11.4 Å². The predicted molar refractivity (Wildman–Crippen MR) is 82.5 cm³/mol. The number of nitro groups is 2. The maximum absolute atomic E-state index is 11.2. The summed E-state index contributed by atoms with van der Waals surface area (Å²) < 4.78 is 9.92. The third-order valence-corrected chi connectivity index (χ3v) is 2.90. The van der Waals surface area contributed by atoms with Crippen molar-refractivity contribution < 1.29 is 28.9 Å². The second-order valence-electron chi connectivity index (χ2n) is 4.32. The summed E-state index contributed by atoms with van der Waals surface area (Å²) in [6.45, 7) is 2.10. The van der Waals surface area contributed by atoms with Crippen molar-refractivity contribution >= 4 is 23.3 Å². The lowest BCUT2D eigenvalue weighted by Crippen LogP contribution is -2.12. The van der Waals surface area contributed by atoms with Crippen LogP contribution in [-0.4, -0.2) is 56.0 Å². The molecule has 2 rings (SSSR count). The van der Waals surface area contributed by atoms with Gasteiger partial charge in [0, 0.05) is 6.54 Å². The van der Waals surface area contributed by atoms with Crippen molar-refractivity contribution in [3.05, 3.63) is 44.0 Å². The van der Waals surface area contributed by atoms with E-state index < -0.39 is 21.8 Å². The van der Waals surface area contributed by atoms with Crippen LogP contribution in [0, 0.1) is 20.2 Å². The Kier molecular flexibility index (Phi) is 6.88. The summed E-state index contributed by atoms with van der Waals surface area (Å²) >= 11 is 0. The average Bonchev–Trinajstić information content (AvgIpc) is 3.27. The molecule has 14 heteroatoms. The van der Waals surface area contributed by atoms with Gasteiger partial charge in [-0.1, -0.05) is 0 Å². The normalized spacial score (nSPS) is 9.65. The summed E-state index contributed by atoms with van der Waals surface area (Å²) in [7, 11) is 2.30. The Hall–Kier alpha value is -3.84. The highest BCUT2D eigenvalue weighted by Gasteiger charge is 2.26. The SMILES string of the molecule is CCn1ncc([N+](=O)[O-])c1C(=O)OC.COC(=O)c1[nH]ncc1[N+](=O)[O-]. The number of hydrogen-bond donors (Lipinski definition) is 1. The van der Waals surface area contributed by atoms with Gasteiger partial charge in [-0.2, -0.15) is 10.2 Å². The zero-order valence-electron chi connectivity index (χ0n) is 13.9. The minimum atomic E-state index is -0.806. The molecule has 0 bridgehead atoms. The molecule has 0 aliphatic rings. The lowest BCUT2D eigenvalue weighted by Gasteiger charge is -2.00. The van der Waals surface area contributed by atoms with Gasteiger partial charge in [0.25, 0.3) is 0 Å². The van der Waals surface area contributed by atoms with Gasteiger partial charge in [0.05, 0.1) is 24.1 Å². The van der Waals surface area contributed by atoms with Crippen molar-refractivity contribution in [2.24, 2.45) is 0 Å². The molecule has 0 saturated heterocycles. The number of carbonyl (C=O) groups excluding carboxylic acids is 2. The van der Waals surface area contributed by atoms with Gasteiger partial charge in [0.2, 0.25) is 11.4 Å². The molecule has 0 spiro atoms. The maximum Gasteiger partial charge on any atom is 0.363 e. The lowest BCUT2D eigenvalue weighted by molar-refractivity contribution is -0.385. The van der Waals surface area contributed by atoms with E-state index in [2.05, 4.69) is 24.8 Å². The minimum Gasteiger partial charge on any atom is -0.464 e. The molecule has 0 atom stereocenters. The fourth-order valence-corrected chi connectivity index (χ4v) is 1.73. The zero-order chi connectivity index (χ0) is 19.9. The first-order chi connectivity index (χ1) is 12.3. The second-order valence-corrected chi connectivity index (χ2v) is 4.32. The molecule has 26 heavy (non-hydrogen) atoms. The number of rotatable bonds is 5. The number of aromatic amines is 1. The number of esters is 2. The third-order valence-electron chi connectivity index (χ3n) is 2.90. The van der Waals surface area contributed by atoms with E-state index in [-0.39, 0.29) is 22.8 Å². The van der Waals surface area contributed by atoms with Crippen molar-refractivity contribution in [1.29, 1.82) is 0 Å². The zero-order valence-corrected chi connectivity index (χ0v) is 13.9. The van der Waals surface area contributed by atoms with Crippen LogP contribution in [0.25, 0.3) is 0 Å². The number of nitrogens with zero attached hydrogens (tertiary/aromatic N) is 5. The van der Waals surface area contributed by atoms with Gasteiger partial charge < -0.3 is 9.47 Å². The Morgan fingerprint density at radius 1 is 1.12 bits per heavy atom. The third kappa shape index (κ3) is 4.37. The van der Waals surface area contributed by atoms with Gasteiger partial charge in [-0.05, 0) is 6.92 Å². The van der Waals surface area contributed by atoms with E-state index in [1.165, 1.54) is 11.8 Å². The first kappa shape index (κ1) is 20.2. The van der Waals surface area contributed by atoms with Gasteiger partial charge in [0.15, 0.2) is 0 Å². The smallest absolute Gasteiger partial charge is 0.363 e. The predicted octanol–water partition coefficient (Wildman–Crippen LogP) is 0.702. The highest BCUT2D eigenvalue weighted by Crippen LogP contribution is 2.18. The molecule has 2 aromatic rings. The van der Waals surface area contributed by atoms with Crippen LogP contribution in [0.3, 0.4) is 0 Å².